The maximum absolute atomic E-state index is 11.7. The van der Waals surface area contributed by atoms with Crippen LogP contribution in [0.4, 0.5) is 5.69 Å². The Bertz CT molecular complexity index is 663. The number of hydrogen-bond donors (Lipinski definition) is 1. The van der Waals surface area contributed by atoms with E-state index in [1.54, 1.807) is 30.3 Å². The second kappa shape index (κ2) is 7.44. The number of nitrogens with zero attached hydrogens (tertiary/aromatic N) is 1. The molecule has 2 aromatic carbocycles. The van der Waals surface area contributed by atoms with Crippen LogP contribution >= 0.6 is 11.6 Å². The Morgan fingerprint density at radius 2 is 1.90 bits per heavy atom. The predicted octanol–water partition coefficient (Wildman–Crippen LogP) is 3.37. The lowest BCUT2D eigenvalue weighted by Gasteiger charge is -2.07. The van der Waals surface area contributed by atoms with E-state index in [4.69, 9.17) is 21.6 Å². The minimum Gasteiger partial charge on any atom is -0.367 e. The molecule has 0 aliphatic carbocycles. The van der Waals surface area contributed by atoms with Gasteiger partial charge in [-0.1, -0.05) is 29.8 Å². The van der Waals surface area contributed by atoms with Crippen molar-refractivity contribution < 1.29 is 9.53 Å². The van der Waals surface area contributed by atoms with E-state index in [0.717, 1.165) is 5.56 Å². The summed E-state index contributed by atoms with van der Waals surface area (Å²) in [5.41, 5.74) is 2.01. The lowest BCUT2D eigenvalue weighted by Crippen LogP contribution is -2.18. The monoisotopic (exact) mass is 300 g/mol. The van der Waals surface area contributed by atoms with E-state index in [9.17, 15) is 4.79 Å². The summed E-state index contributed by atoms with van der Waals surface area (Å²) in [6.07, 6.45) is 0. The SMILES string of the molecule is N#Cc1ccc(NC(=O)COCc2ccccc2Cl)cc1. The smallest absolute Gasteiger partial charge is 0.250 e. The van der Waals surface area contributed by atoms with E-state index < -0.39 is 0 Å². The van der Waals surface area contributed by atoms with Crippen molar-refractivity contribution in [1.29, 1.82) is 5.26 Å². The molecule has 0 atom stereocenters. The highest BCUT2D eigenvalue weighted by Crippen LogP contribution is 2.15. The maximum atomic E-state index is 11.7. The molecule has 1 N–H and O–H groups in total. The molecule has 0 unspecified atom stereocenters. The highest BCUT2D eigenvalue weighted by Gasteiger charge is 2.04. The van der Waals surface area contributed by atoms with Gasteiger partial charge in [-0.2, -0.15) is 5.26 Å². The minimum atomic E-state index is -0.258. The first kappa shape index (κ1) is 15.0. The zero-order chi connectivity index (χ0) is 15.1. The van der Waals surface area contributed by atoms with E-state index in [1.165, 1.54) is 0 Å². The van der Waals surface area contributed by atoms with Crippen LogP contribution in [0.15, 0.2) is 48.5 Å². The Labute approximate surface area is 127 Å². The summed E-state index contributed by atoms with van der Waals surface area (Å²) in [6, 6.07) is 16.0. The number of rotatable bonds is 5. The fourth-order valence-corrected chi connectivity index (χ4v) is 1.88. The summed E-state index contributed by atoms with van der Waals surface area (Å²) < 4.78 is 5.33. The third kappa shape index (κ3) is 4.60. The van der Waals surface area contributed by atoms with Crippen LogP contribution in [0.5, 0.6) is 0 Å². The van der Waals surface area contributed by atoms with Crippen LogP contribution in [0, 0.1) is 11.3 Å². The van der Waals surface area contributed by atoms with Crippen LogP contribution in [0.1, 0.15) is 11.1 Å². The number of benzene rings is 2. The number of amides is 1. The molecule has 4 nitrogen and oxygen atoms in total. The Morgan fingerprint density at radius 1 is 1.19 bits per heavy atom. The van der Waals surface area contributed by atoms with Crippen molar-refractivity contribution in [1.82, 2.24) is 0 Å². The molecule has 21 heavy (non-hydrogen) atoms. The number of nitrogens with one attached hydrogen (secondary N) is 1. The van der Waals surface area contributed by atoms with Gasteiger partial charge in [0.15, 0.2) is 0 Å². The summed E-state index contributed by atoms with van der Waals surface area (Å²) >= 11 is 5.99. The predicted molar refractivity (Wildman–Crippen MR) is 80.9 cm³/mol. The van der Waals surface area contributed by atoms with E-state index >= 15 is 0 Å². The van der Waals surface area contributed by atoms with Gasteiger partial charge in [-0.05, 0) is 35.9 Å². The molecule has 1 amide bonds. The van der Waals surface area contributed by atoms with Crippen molar-refractivity contribution in [3.63, 3.8) is 0 Å². The minimum absolute atomic E-state index is 0.0643. The summed E-state index contributed by atoms with van der Waals surface area (Å²) in [5.74, 6) is -0.258. The molecule has 5 heteroatoms. The van der Waals surface area contributed by atoms with Crippen molar-refractivity contribution >= 4 is 23.2 Å². The zero-order valence-electron chi connectivity index (χ0n) is 11.2. The van der Waals surface area contributed by atoms with Gasteiger partial charge in [-0.3, -0.25) is 4.79 Å². The molecule has 0 spiro atoms. The molecule has 0 radical (unpaired) electrons. The van der Waals surface area contributed by atoms with E-state index in [2.05, 4.69) is 5.32 Å². The first-order valence-corrected chi connectivity index (χ1v) is 6.68. The van der Waals surface area contributed by atoms with Gasteiger partial charge in [0.1, 0.15) is 6.61 Å². The standard InChI is InChI=1S/C16H13ClN2O2/c17-15-4-2-1-3-13(15)10-21-11-16(20)19-14-7-5-12(9-18)6-8-14/h1-8H,10-11H2,(H,19,20). The molecule has 0 aliphatic rings. The molecule has 106 valence electrons. The average Bonchev–Trinajstić information content (AvgIpc) is 2.50. The molecule has 0 aromatic heterocycles. The summed E-state index contributed by atoms with van der Waals surface area (Å²) in [4.78, 5) is 11.7. The van der Waals surface area contributed by atoms with E-state index in [1.807, 2.05) is 24.3 Å². The number of carbonyl (C=O) groups excluding carboxylic acids is 1. The average molecular weight is 301 g/mol. The zero-order valence-corrected chi connectivity index (χ0v) is 11.9. The summed E-state index contributed by atoms with van der Waals surface area (Å²) in [5, 5.41) is 12.0. The lowest BCUT2D eigenvalue weighted by atomic mass is 10.2. The van der Waals surface area contributed by atoms with Crippen LogP contribution in [0.2, 0.25) is 5.02 Å². The first-order valence-electron chi connectivity index (χ1n) is 6.30. The van der Waals surface area contributed by atoms with E-state index in [0.29, 0.717) is 16.3 Å². The number of carbonyl (C=O) groups is 1. The molecule has 2 aromatic rings. The van der Waals surface area contributed by atoms with Crippen molar-refractivity contribution in [3.05, 3.63) is 64.7 Å². The maximum Gasteiger partial charge on any atom is 0.250 e. The second-order valence-electron chi connectivity index (χ2n) is 4.32. The van der Waals surface area contributed by atoms with Crippen molar-refractivity contribution in [3.8, 4) is 6.07 Å². The molecule has 0 saturated carbocycles. The van der Waals surface area contributed by atoms with Crippen LogP contribution in [-0.2, 0) is 16.1 Å². The van der Waals surface area contributed by atoms with Gasteiger partial charge in [0.05, 0.1) is 18.2 Å². The molecular weight excluding hydrogens is 288 g/mol. The molecule has 0 saturated heterocycles. The Kier molecular flexibility index (Phi) is 5.33. The van der Waals surface area contributed by atoms with Gasteiger partial charge in [0.2, 0.25) is 5.91 Å². The van der Waals surface area contributed by atoms with Crippen LogP contribution in [-0.4, -0.2) is 12.5 Å². The topological polar surface area (TPSA) is 62.1 Å². The van der Waals surface area contributed by atoms with E-state index in [-0.39, 0.29) is 19.1 Å². The Balaban J connectivity index is 1.80. The third-order valence-electron chi connectivity index (χ3n) is 2.75. The molecule has 0 heterocycles. The number of halogens is 1. The number of hydrogen-bond acceptors (Lipinski definition) is 3. The lowest BCUT2D eigenvalue weighted by molar-refractivity contribution is -0.121. The van der Waals surface area contributed by atoms with Crippen molar-refractivity contribution in [2.45, 2.75) is 6.61 Å². The van der Waals surface area contributed by atoms with Crippen LogP contribution in [0.25, 0.3) is 0 Å². The van der Waals surface area contributed by atoms with Gasteiger partial charge in [-0.25, -0.2) is 0 Å². The van der Waals surface area contributed by atoms with Crippen molar-refractivity contribution in [2.24, 2.45) is 0 Å². The normalized spacial score (nSPS) is 9.90. The molecule has 0 aliphatic heterocycles. The molecule has 0 bridgehead atoms. The summed E-state index contributed by atoms with van der Waals surface area (Å²) in [6.45, 7) is 0.214. The number of ether oxygens (including phenoxy) is 1. The van der Waals surface area contributed by atoms with Gasteiger partial charge in [-0.15, -0.1) is 0 Å². The largest absolute Gasteiger partial charge is 0.367 e. The highest BCUT2D eigenvalue weighted by molar-refractivity contribution is 6.31. The first-order chi connectivity index (χ1) is 10.2. The quantitative estimate of drug-likeness (QED) is 0.921. The second-order valence-corrected chi connectivity index (χ2v) is 4.73. The fourth-order valence-electron chi connectivity index (χ4n) is 1.69. The molecule has 2 rings (SSSR count). The summed E-state index contributed by atoms with van der Waals surface area (Å²) in [7, 11) is 0. The molecule has 0 fully saturated rings. The number of nitriles is 1. The Hall–Kier alpha value is -2.35. The molecular formula is C16H13ClN2O2. The highest BCUT2D eigenvalue weighted by atomic mass is 35.5. The van der Waals surface area contributed by atoms with Gasteiger partial charge < -0.3 is 10.1 Å². The number of anilines is 1. The van der Waals surface area contributed by atoms with Crippen molar-refractivity contribution in [2.75, 3.05) is 11.9 Å². The van der Waals surface area contributed by atoms with Gasteiger partial charge >= 0.3 is 0 Å². The van der Waals surface area contributed by atoms with Crippen LogP contribution in [0.3, 0.4) is 0 Å². The van der Waals surface area contributed by atoms with Gasteiger partial charge in [0, 0.05) is 10.7 Å². The van der Waals surface area contributed by atoms with Crippen LogP contribution < -0.4 is 5.32 Å². The third-order valence-corrected chi connectivity index (χ3v) is 3.12. The van der Waals surface area contributed by atoms with Gasteiger partial charge in [0.25, 0.3) is 0 Å². The fraction of sp³-hybridized carbons (Fsp3) is 0.125. The Morgan fingerprint density at radius 3 is 2.57 bits per heavy atom.